The highest BCUT2D eigenvalue weighted by atomic mass is 19.1. The van der Waals surface area contributed by atoms with Gasteiger partial charge in [0.05, 0.1) is 22.1 Å². The Balaban J connectivity index is 1.84. The Morgan fingerprint density at radius 1 is 1.11 bits per heavy atom. The molecule has 3 aromatic heterocycles. The van der Waals surface area contributed by atoms with Gasteiger partial charge in [0.15, 0.2) is 0 Å². The SMILES string of the molecule is Cc1nc(F)ccc1-c1cccc2c(N)c3c(O)n(C4=CC=C4)cc3nc12. The van der Waals surface area contributed by atoms with E-state index in [-0.39, 0.29) is 5.88 Å². The highest BCUT2D eigenvalue weighted by Gasteiger charge is 2.19. The van der Waals surface area contributed by atoms with E-state index in [1.807, 2.05) is 36.4 Å². The van der Waals surface area contributed by atoms with Gasteiger partial charge in [-0.25, -0.2) is 9.97 Å². The van der Waals surface area contributed by atoms with Gasteiger partial charge in [0, 0.05) is 34.1 Å². The zero-order valence-corrected chi connectivity index (χ0v) is 14.4. The average Bonchev–Trinajstić information content (AvgIpc) is 2.90. The maximum Gasteiger partial charge on any atom is 0.213 e. The van der Waals surface area contributed by atoms with Crippen molar-refractivity contribution in [3.05, 3.63) is 66.4 Å². The zero-order chi connectivity index (χ0) is 18.7. The number of aryl methyl sites for hydroxylation is 1. The molecule has 1 aliphatic carbocycles. The number of allylic oxidation sites excluding steroid dienone is 4. The van der Waals surface area contributed by atoms with Crippen LogP contribution in [0.5, 0.6) is 5.88 Å². The molecule has 1 aliphatic rings. The van der Waals surface area contributed by atoms with Gasteiger partial charge in [0.25, 0.3) is 0 Å². The van der Waals surface area contributed by atoms with Gasteiger partial charge in [-0.3, -0.25) is 4.57 Å². The Morgan fingerprint density at radius 2 is 1.93 bits per heavy atom. The first-order valence-electron chi connectivity index (χ1n) is 8.49. The summed E-state index contributed by atoms with van der Waals surface area (Å²) in [5.41, 5.74) is 11.2. The number of anilines is 1. The van der Waals surface area contributed by atoms with E-state index >= 15 is 0 Å². The van der Waals surface area contributed by atoms with Gasteiger partial charge in [-0.15, -0.1) is 0 Å². The summed E-state index contributed by atoms with van der Waals surface area (Å²) in [5, 5.41) is 11.9. The molecule has 5 nitrogen and oxygen atoms in total. The van der Waals surface area contributed by atoms with Gasteiger partial charge >= 0.3 is 0 Å². The molecule has 3 heterocycles. The van der Waals surface area contributed by atoms with Gasteiger partial charge in [0.1, 0.15) is 0 Å². The molecule has 0 spiro atoms. The Morgan fingerprint density at radius 3 is 2.63 bits per heavy atom. The zero-order valence-electron chi connectivity index (χ0n) is 14.4. The second kappa shape index (κ2) is 5.41. The van der Waals surface area contributed by atoms with Crippen molar-refractivity contribution in [3.8, 4) is 17.0 Å². The standard InChI is InChI=1S/C21H15FN4O/c1-11-13(8-9-17(22)24-11)14-6-3-7-15-19(23)18-16(25-20(14)15)10-26(21(18)27)12-4-2-5-12/h2-10,27H,23H2,1H3. The van der Waals surface area contributed by atoms with Crippen molar-refractivity contribution in [1.29, 1.82) is 0 Å². The van der Waals surface area contributed by atoms with Crippen molar-refractivity contribution in [2.24, 2.45) is 0 Å². The molecule has 0 bridgehead atoms. The summed E-state index contributed by atoms with van der Waals surface area (Å²) in [4.78, 5) is 8.68. The van der Waals surface area contributed by atoms with E-state index in [0.717, 1.165) is 22.2 Å². The van der Waals surface area contributed by atoms with E-state index in [1.54, 1.807) is 23.8 Å². The number of nitrogens with zero attached hydrogens (tertiary/aromatic N) is 3. The molecule has 5 rings (SSSR count). The normalized spacial score (nSPS) is 13.2. The number of rotatable bonds is 2. The number of para-hydroxylation sites is 1. The van der Waals surface area contributed by atoms with Crippen LogP contribution in [0.2, 0.25) is 0 Å². The minimum atomic E-state index is -0.518. The number of fused-ring (bicyclic) bond motifs is 2. The number of halogens is 1. The van der Waals surface area contributed by atoms with Crippen molar-refractivity contribution in [2.75, 3.05) is 5.73 Å². The first-order valence-corrected chi connectivity index (χ1v) is 8.49. The van der Waals surface area contributed by atoms with Gasteiger partial charge in [-0.2, -0.15) is 4.39 Å². The van der Waals surface area contributed by atoms with E-state index in [4.69, 9.17) is 10.7 Å². The number of pyridine rings is 2. The summed E-state index contributed by atoms with van der Waals surface area (Å²) >= 11 is 0. The summed E-state index contributed by atoms with van der Waals surface area (Å²) in [7, 11) is 0. The summed E-state index contributed by atoms with van der Waals surface area (Å²) in [6.07, 6.45) is 7.46. The molecular weight excluding hydrogens is 343 g/mol. The summed E-state index contributed by atoms with van der Waals surface area (Å²) in [5.74, 6) is -0.451. The largest absolute Gasteiger partial charge is 0.494 e. The van der Waals surface area contributed by atoms with Crippen LogP contribution < -0.4 is 5.73 Å². The second-order valence-electron chi connectivity index (χ2n) is 6.53. The van der Waals surface area contributed by atoms with Crippen LogP contribution in [0.25, 0.3) is 38.6 Å². The third-order valence-electron chi connectivity index (χ3n) is 4.94. The number of nitrogens with two attached hydrogens (primary N) is 1. The molecule has 1 aromatic carbocycles. The van der Waals surface area contributed by atoms with E-state index < -0.39 is 5.95 Å². The number of aromatic hydroxyl groups is 1. The number of aromatic nitrogens is 3. The van der Waals surface area contributed by atoms with Crippen LogP contribution in [0.3, 0.4) is 0 Å². The van der Waals surface area contributed by atoms with Crippen molar-refractivity contribution < 1.29 is 9.50 Å². The van der Waals surface area contributed by atoms with Crippen LogP contribution in [-0.2, 0) is 0 Å². The van der Waals surface area contributed by atoms with Crippen LogP contribution in [0.4, 0.5) is 10.1 Å². The molecule has 27 heavy (non-hydrogen) atoms. The predicted octanol–water partition coefficient (Wildman–Crippen LogP) is 4.40. The number of hydrogen-bond donors (Lipinski definition) is 2. The van der Waals surface area contributed by atoms with Crippen LogP contribution >= 0.6 is 0 Å². The first kappa shape index (κ1) is 15.6. The van der Waals surface area contributed by atoms with Crippen molar-refractivity contribution in [3.63, 3.8) is 0 Å². The van der Waals surface area contributed by atoms with Crippen molar-refractivity contribution in [2.45, 2.75) is 6.92 Å². The monoisotopic (exact) mass is 358 g/mol. The predicted molar refractivity (Wildman–Crippen MR) is 105 cm³/mol. The van der Waals surface area contributed by atoms with E-state index in [2.05, 4.69) is 4.98 Å². The molecule has 0 saturated heterocycles. The second-order valence-corrected chi connectivity index (χ2v) is 6.53. The fourth-order valence-electron chi connectivity index (χ4n) is 3.53. The number of benzene rings is 1. The lowest BCUT2D eigenvalue weighted by atomic mass is 9.99. The maximum absolute atomic E-state index is 13.4. The molecule has 4 aromatic rings. The van der Waals surface area contributed by atoms with Gasteiger partial charge < -0.3 is 10.8 Å². The third kappa shape index (κ3) is 2.16. The molecule has 132 valence electrons. The molecule has 0 aliphatic heterocycles. The van der Waals surface area contributed by atoms with Gasteiger partial charge in [0.2, 0.25) is 11.8 Å². The van der Waals surface area contributed by atoms with Crippen LogP contribution in [-0.4, -0.2) is 19.6 Å². The Kier molecular flexibility index (Phi) is 3.12. The molecule has 0 fully saturated rings. The topological polar surface area (TPSA) is 77.0 Å². The molecule has 0 atom stereocenters. The highest BCUT2D eigenvalue weighted by molar-refractivity contribution is 6.12. The van der Waals surface area contributed by atoms with Gasteiger partial charge in [-0.1, -0.05) is 24.3 Å². The van der Waals surface area contributed by atoms with Crippen LogP contribution in [0, 0.1) is 12.9 Å². The smallest absolute Gasteiger partial charge is 0.213 e. The molecular formula is C21H15FN4O. The number of nitrogen functional groups attached to an aromatic ring is 1. The molecule has 0 unspecified atom stereocenters. The van der Waals surface area contributed by atoms with Crippen molar-refractivity contribution in [1.82, 2.24) is 14.5 Å². The van der Waals surface area contributed by atoms with Crippen LogP contribution in [0.15, 0.2) is 54.8 Å². The van der Waals surface area contributed by atoms with E-state index in [9.17, 15) is 9.50 Å². The molecule has 3 N–H and O–H groups in total. The van der Waals surface area contributed by atoms with Gasteiger partial charge in [-0.05, 0) is 31.2 Å². The fourth-order valence-corrected chi connectivity index (χ4v) is 3.53. The highest BCUT2D eigenvalue weighted by Crippen LogP contribution is 2.40. The van der Waals surface area contributed by atoms with E-state index in [1.165, 1.54) is 6.07 Å². The molecule has 0 radical (unpaired) electrons. The van der Waals surface area contributed by atoms with Crippen LogP contribution in [0.1, 0.15) is 5.69 Å². The third-order valence-corrected chi connectivity index (χ3v) is 4.94. The Labute approximate surface area is 153 Å². The minimum absolute atomic E-state index is 0.0672. The molecule has 0 amide bonds. The van der Waals surface area contributed by atoms with E-state index in [0.29, 0.717) is 27.8 Å². The lowest BCUT2D eigenvalue weighted by Gasteiger charge is -2.11. The molecule has 0 saturated carbocycles. The quantitative estimate of drug-likeness (QED) is 0.521. The van der Waals surface area contributed by atoms with Crippen molar-refractivity contribution >= 4 is 33.2 Å². The first-order chi connectivity index (χ1) is 13.0. The minimum Gasteiger partial charge on any atom is -0.494 e. The summed E-state index contributed by atoms with van der Waals surface area (Å²) in [6.45, 7) is 1.76. The number of hydrogen-bond acceptors (Lipinski definition) is 4. The fraction of sp³-hybridized carbons (Fsp3) is 0.0476. The molecule has 6 heteroatoms. The Hall–Kier alpha value is -3.67. The summed E-state index contributed by atoms with van der Waals surface area (Å²) < 4.78 is 15.1. The lowest BCUT2D eigenvalue weighted by molar-refractivity contribution is 0.450. The average molecular weight is 358 g/mol. The Bertz CT molecular complexity index is 1320. The maximum atomic E-state index is 13.4. The summed E-state index contributed by atoms with van der Waals surface area (Å²) in [6, 6.07) is 8.68. The lowest BCUT2D eigenvalue weighted by Crippen LogP contribution is -1.96.